The molecule has 3 aromatic rings. The predicted molar refractivity (Wildman–Crippen MR) is 93.4 cm³/mol. The zero-order chi connectivity index (χ0) is 17.2. The summed E-state index contributed by atoms with van der Waals surface area (Å²) < 4.78 is 25.0. The zero-order valence-corrected chi connectivity index (χ0v) is 14.0. The Labute approximate surface area is 140 Å². The summed E-state index contributed by atoms with van der Waals surface area (Å²) in [5, 5.41) is 2.80. The quantitative estimate of drug-likeness (QED) is 0.770. The molecule has 6 nitrogen and oxygen atoms in total. The van der Waals surface area contributed by atoms with Crippen molar-refractivity contribution in [2.24, 2.45) is 0 Å². The van der Waals surface area contributed by atoms with Gasteiger partial charge < -0.3 is 9.88 Å². The zero-order valence-electron chi connectivity index (χ0n) is 13.1. The van der Waals surface area contributed by atoms with Gasteiger partial charge in [0.15, 0.2) is 9.84 Å². The SMILES string of the molecule is CS(=O)(=O)Cc1nc2ccccc2n1CC(=O)Nc1ccccc1. The van der Waals surface area contributed by atoms with Crippen LogP contribution >= 0.6 is 0 Å². The minimum absolute atomic E-state index is 0.000259. The molecular formula is C17H17N3O3S. The number of sulfone groups is 1. The fraction of sp³-hybridized carbons (Fsp3) is 0.176. The minimum Gasteiger partial charge on any atom is -0.325 e. The Bertz CT molecular complexity index is 979. The number of anilines is 1. The van der Waals surface area contributed by atoms with Crippen LogP contribution in [0.3, 0.4) is 0 Å². The van der Waals surface area contributed by atoms with E-state index in [1.807, 2.05) is 36.4 Å². The standard InChI is InChI=1S/C17H17N3O3S/c1-24(22,23)12-16-19-14-9-5-6-10-15(14)20(16)11-17(21)18-13-7-3-2-4-8-13/h2-10H,11-12H2,1H3,(H,18,21). The van der Waals surface area contributed by atoms with Crippen molar-refractivity contribution < 1.29 is 13.2 Å². The highest BCUT2D eigenvalue weighted by Crippen LogP contribution is 2.18. The highest BCUT2D eigenvalue weighted by atomic mass is 32.2. The maximum absolute atomic E-state index is 12.3. The van der Waals surface area contributed by atoms with Gasteiger partial charge >= 0.3 is 0 Å². The van der Waals surface area contributed by atoms with Crippen molar-refractivity contribution in [2.45, 2.75) is 12.3 Å². The number of para-hydroxylation sites is 3. The Morgan fingerprint density at radius 3 is 2.46 bits per heavy atom. The lowest BCUT2D eigenvalue weighted by molar-refractivity contribution is -0.116. The predicted octanol–water partition coefficient (Wildman–Crippen LogP) is 2.22. The van der Waals surface area contributed by atoms with E-state index in [2.05, 4.69) is 10.3 Å². The van der Waals surface area contributed by atoms with Gasteiger partial charge in [0.05, 0.1) is 11.0 Å². The lowest BCUT2D eigenvalue weighted by Crippen LogP contribution is -2.21. The summed E-state index contributed by atoms with van der Waals surface area (Å²) in [6.07, 6.45) is 1.15. The summed E-state index contributed by atoms with van der Waals surface area (Å²) in [7, 11) is -3.26. The first-order chi connectivity index (χ1) is 11.4. The van der Waals surface area contributed by atoms with E-state index in [-0.39, 0.29) is 18.2 Å². The molecule has 0 fully saturated rings. The lowest BCUT2D eigenvalue weighted by Gasteiger charge is -2.09. The Hall–Kier alpha value is -2.67. The van der Waals surface area contributed by atoms with Gasteiger partial charge in [-0.25, -0.2) is 13.4 Å². The van der Waals surface area contributed by atoms with E-state index in [0.717, 1.165) is 11.8 Å². The number of rotatable bonds is 5. The third-order valence-electron chi connectivity index (χ3n) is 3.48. The number of fused-ring (bicyclic) bond motifs is 1. The molecule has 7 heteroatoms. The molecule has 0 aliphatic carbocycles. The van der Waals surface area contributed by atoms with Gasteiger partial charge in [0.25, 0.3) is 0 Å². The van der Waals surface area contributed by atoms with Gasteiger partial charge in [0.2, 0.25) is 5.91 Å². The van der Waals surface area contributed by atoms with Gasteiger partial charge in [-0.15, -0.1) is 0 Å². The fourth-order valence-electron chi connectivity index (χ4n) is 2.51. The molecule has 124 valence electrons. The number of carbonyl (C=O) groups is 1. The van der Waals surface area contributed by atoms with Crippen LogP contribution in [-0.2, 0) is 26.9 Å². The molecule has 0 bridgehead atoms. The molecule has 2 aromatic carbocycles. The second kappa shape index (κ2) is 6.45. The maximum Gasteiger partial charge on any atom is 0.244 e. The van der Waals surface area contributed by atoms with Crippen LogP contribution in [-0.4, -0.2) is 30.1 Å². The van der Waals surface area contributed by atoms with Gasteiger partial charge in [-0.3, -0.25) is 4.79 Å². The number of nitrogens with one attached hydrogen (secondary N) is 1. The van der Waals surface area contributed by atoms with Gasteiger partial charge in [-0.05, 0) is 24.3 Å². The molecule has 3 rings (SSSR count). The average molecular weight is 343 g/mol. The van der Waals surface area contributed by atoms with Crippen molar-refractivity contribution in [1.82, 2.24) is 9.55 Å². The van der Waals surface area contributed by atoms with Crippen LogP contribution in [0.1, 0.15) is 5.82 Å². The molecular weight excluding hydrogens is 326 g/mol. The second-order valence-corrected chi connectivity index (χ2v) is 7.73. The number of amides is 1. The number of benzene rings is 2. The van der Waals surface area contributed by atoms with Crippen molar-refractivity contribution in [3.05, 3.63) is 60.4 Å². The summed E-state index contributed by atoms with van der Waals surface area (Å²) in [5.41, 5.74) is 2.10. The average Bonchev–Trinajstić information content (AvgIpc) is 2.84. The van der Waals surface area contributed by atoms with Crippen molar-refractivity contribution >= 4 is 32.5 Å². The molecule has 24 heavy (non-hydrogen) atoms. The van der Waals surface area contributed by atoms with Crippen molar-refractivity contribution in [3.8, 4) is 0 Å². The summed E-state index contributed by atoms with van der Waals surface area (Å²) in [5.74, 6) is -0.0821. The third-order valence-corrected chi connectivity index (χ3v) is 4.27. The molecule has 0 atom stereocenters. The number of nitrogens with zero attached hydrogens (tertiary/aromatic N) is 2. The molecule has 0 unspecified atom stereocenters. The van der Waals surface area contributed by atoms with Crippen LogP contribution in [0.4, 0.5) is 5.69 Å². The van der Waals surface area contributed by atoms with Gasteiger partial charge in [0, 0.05) is 11.9 Å². The van der Waals surface area contributed by atoms with Crippen LogP contribution in [0.2, 0.25) is 0 Å². The van der Waals surface area contributed by atoms with Crippen LogP contribution in [0.5, 0.6) is 0 Å². The smallest absolute Gasteiger partial charge is 0.244 e. The molecule has 0 aliphatic heterocycles. The largest absolute Gasteiger partial charge is 0.325 e. The number of carbonyl (C=O) groups excluding carboxylic acids is 1. The first-order valence-corrected chi connectivity index (χ1v) is 9.45. The normalized spacial score (nSPS) is 11.5. The van der Waals surface area contributed by atoms with E-state index in [1.165, 1.54) is 0 Å². The van der Waals surface area contributed by atoms with Crippen molar-refractivity contribution in [1.29, 1.82) is 0 Å². The minimum atomic E-state index is -3.26. The summed E-state index contributed by atoms with van der Waals surface area (Å²) in [6, 6.07) is 16.4. The topological polar surface area (TPSA) is 81.1 Å². The number of imidazole rings is 1. The van der Waals surface area contributed by atoms with Gasteiger partial charge in [-0.2, -0.15) is 0 Å². The van der Waals surface area contributed by atoms with E-state index in [9.17, 15) is 13.2 Å². The molecule has 0 saturated carbocycles. The maximum atomic E-state index is 12.3. The monoisotopic (exact) mass is 343 g/mol. The number of aromatic nitrogens is 2. The summed E-state index contributed by atoms with van der Waals surface area (Å²) in [6.45, 7) is 0.000259. The van der Waals surface area contributed by atoms with Crippen LogP contribution in [0, 0.1) is 0 Å². The molecule has 1 aromatic heterocycles. The molecule has 1 N–H and O–H groups in total. The molecule has 1 heterocycles. The molecule has 0 radical (unpaired) electrons. The van der Waals surface area contributed by atoms with E-state index in [0.29, 0.717) is 17.0 Å². The first kappa shape index (κ1) is 16.2. The van der Waals surface area contributed by atoms with E-state index in [4.69, 9.17) is 0 Å². The lowest BCUT2D eigenvalue weighted by atomic mass is 10.3. The first-order valence-electron chi connectivity index (χ1n) is 7.39. The third kappa shape index (κ3) is 3.80. The highest BCUT2D eigenvalue weighted by Gasteiger charge is 2.17. The van der Waals surface area contributed by atoms with Crippen LogP contribution in [0.25, 0.3) is 11.0 Å². The summed E-state index contributed by atoms with van der Waals surface area (Å²) in [4.78, 5) is 16.7. The second-order valence-electron chi connectivity index (χ2n) is 5.59. The van der Waals surface area contributed by atoms with Crippen LogP contribution in [0.15, 0.2) is 54.6 Å². The van der Waals surface area contributed by atoms with E-state index < -0.39 is 9.84 Å². The Morgan fingerprint density at radius 1 is 1.08 bits per heavy atom. The number of hydrogen-bond acceptors (Lipinski definition) is 4. The Kier molecular flexibility index (Phi) is 4.35. The van der Waals surface area contributed by atoms with E-state index >= 15 is 0 Å². The van der Waals surface area contributed by atoms with Gasteiger partial charge in [-0.1, -0.05) is 30.3 Å². The van der Waals surface area contributed by atoms with Crippen LogP contribution < -0.4 is 5.32 Å². The molecule has 0 saturated heterocycles. The fourth-order valence-corrected chi connectivity index (χ4v) is 3.20. The summed E-state index contributed by atoms with van der Waals surface area (Å²) >= 11 is 0. The van der Waals surface area contributed by atoms with Gasteiger partial charge in [0.1, 0.15) is 18.1 Å². The molecule has 0 aliphatic rings. The number of hydrogen-bond donors (Lipinski definition) is 1. The Morgan fingerprint density at radius 2 is 1.75 bits per heavy atom. The molecule has 0 spiro atoms. The highest BCUT2D eigenvalue weighted by molar-refractivity contribution is 7.89. The van der Waals surface area contributed by atoms with Crippen molar-refractivity contribution in [2.75, 3.05) is 11.6 Å². The molecule has 1 amide bonds. The van der Waals surface area contributed by atoms with Crippen molar-refractivity contribution in [3.63, 3.8) is 0 Å². The van der Waals surface area contributed by atoms with E-state index in [1.54, 1.807) is 22.8 Å². The Balaban J connectivity index is 1.92.